The van der Waals surface area contributed by atoms with Crippen molar-refractivity contribution in [2.24, 2.45) is 0 Å². The Kier molecular flexibility index (Phi) is 7.34. The molecule has 2 N–H and O–H groups in total. The van der Waals surface area contributed by atoms with E-state index in [1.54, 1.807) is 18.9 Å². The molecule has 90 valence electrons. The van der Waals surface area contributed by atoms with Gasteiger partial charge in [0.1, 0.15) is 0 Å². The van der Waals surface area contributed by atoms with Gasteiger partial charge < -0.3 is 15.3 Å². The second kappa shape index (κ2) is 7.65. The van der Waals surface area contributed by atoms with Gasteiger partial charge in [-0.15, -0.1) is 0 Å². The highest BCUT2D eigenvalue weighted by Crippen LogP contribution is 1.94. The molecule has 4 nitrogen and oxygen atoms in total. The maximum Gasteiger partial charge on any atom is 0.236 e. The van der Waals surface area contributed by atoms with Crippen LogP contribution in [0.1, 0.15) is 33.6 Å². The molecule has 0 spiro atoms. The first-order valence-electron chi connectivity index (χ1n) is 5.62. The molecule has 0 radical (unpaired) electrons. The molecule has 0 heterocycles. The van der Waals surface area contributed by atoms with Crippen LogP contribution in [-0.4, -0.2) is 48.2 Å². The summed E-state index contributed by atoms with van der Waals surface area (Å²) in [5, 5.41) is 12.2. The first-order chi connectivity index (χ1) is 6.97. The predicted molar refractivity (Wildman–Crippen MR) is 61.7 cm³/mol. The van der Waals surface area contributed by atoms with Crippen molar-refractivity contribution >= 4 is 5.91 Å². The highest BCUT2D eigenvalue weighted by Gasteiger charge is 2.10. The molecule has 0 bridgehead atoms. The van der Waals surface area contributed by atoms with E-state index in [2.05, 4.69) is 19.2 Å². The van der Waals surface area contributed by atoms with Crippen molar-refractivity contribution in [3.63, 3.8) is 0 Å². The first kappa shape index (κ1) is 14.4. The van der Waals surface area contributed by atoms with E-state index in [0.717, 1.165) is 6.42 Å². The Labute approximate surface area is 92.7 Å². The fraction of sp³-hybridized carbons (Fsp3) is 0.909. The Morgan fingerprint density at radius 2 is 2.07 bits per heavy atom. The lowest BCUT2D eigenvalue weighted by atomic mass is 10.2. The van der Waals surface area contributed by atoms with Gasteiger partial charge in [-0.25, -0.2) is 0 Å². The molecular formula is C11H24N2O2. The lowest BCUT2D eigenvalue weighted by molar-refractivity contribution is -0.129. The zero-order chi connectivity index (χ0) is 11.8. The summed E-state index contributed by atoms with van der Waals surface area (Å²) in [4.78, 5) is 13.2. The minimum Gasteiger partial charge on any atom is -0.393 e. The van der Waals surface area contributed by atoms with Crippen LogP contribution in [-0.2, 0) is 4.79 Å². The fourth-order valence-corrected chi connectivity index (χ4v) is 1.05. The van der Waals surface area contributed by atoms with Gasteiger partial charge in [0.05, 0.1) is 12.6 Å². The number of nitrogens with one attached hydrogen (secondary N) is 1. The molecule has 0 aliphatic rings. The van der Waals surface area contributed by atoms with Gasteiger partial charge >= 0.3 is 0 Å². The monoisotopic (exact) mass is 216 g/mol. The maximum absolute atomic E-state index is 11.6. The zero-order valence-electron chi connectivity index (χ0n) is 10.3. The lowest BCUT2D eigenvalue weighted by Crippen LogP contribution is -2.39. The van der Waals surface area contributed by atoms with Gasteiger partial charge in [0.15, 0.2) is 0 Å². The lowest BCUT2D eigenvalue weighted by Gasteiger charge is -2.19. The molecular weight excluding hydrogens is 192 g/mol. The molecule has 0 aliphatic heterocycles. The Bertz CT molecular complexity index is 183. The average Bonchev–Trinajstić information content (AvgIpc) is 2.21. The molecule has 0 aromatic heterocycles. The van der Waals surface area contributed by atoms with E-state index in [1.165, 1.54) is 0 Å². The summed E-state index contributed by atoms with van der Waals surface area (Å²) in [6.07, 6.45) is 1.30. The van der Waals surface area contributed by atoms with E-state index in [0.29, 0.717) is 25.6 Å². The Balaban J connectivity index is 3.69. The number of carbonyl (C=O) groups is 1. The van der Waals surface area contributed by atoms with Crippen molar-refractivity contribution in [1.29, 1.82) is 0 Å². The number of hydrogen-bond acceptors (Lipinski definition) is 3. The van der Waals surface area contributed by atoms with Gasteiger partial charge in [0.2, 0.25) is 5.91 Å². The second-order valence-corrected chi connectivity index (χ2v) is 4.14. The highest BCUT2D eigenvalue weighted by atomic mass is 16.3. The molecule has 2 unspecified atom stereocenters. The van der Waals surface area contributed by atoms with E-state index >= 15 is 0 Å². The fourth-order valence-electron chi connectivity index (χ4n) is 1.05. The third-order valence-electron chi connectivity index (χ3n) is 2.52. The molecule has 0 saturated carbocycles. The number of aliphatic hydroxyl groups excluding tert-OH is 1. The van der Waals surface area contributed by atoms with Gasteiger partial charge in [-0.3, -0.25) is 4.79 Å². The van der Waals surface area contributed by atoms with Crippen LogP contribution in [0.25, 0.3) is 0 Å². The number of aliphatic hydroxyl groups is 1. The van der Waals surface area contributed by atoms with Crippen LogP contribution in [0.15, 0.2) is 0 Å². The number of rotatable bonds is 7. The van der Waals surface area contributed by atoms with Crippen LogP contribution in [0.4, 0.5) is 0 Å². The molecule has 0 aliphatic carbocycles. The van der Waals surface area contributed by atoms with Gasteiger partial charge in [0, 0.05) is 19.6 Å². The van der Waals surface area contributed by atoms with Crippen molar-refractivity contribution in [3.8, 4) is 0 Å². The summed E-state index contributed by atoms with van der Waals surface area (Å²) in [7, 11) is 1.77. The van der Waals surface area contributed by atoms with Crippen molar-refractivity contribution in [3.05, 3.63) is 0 Å². The summed E-state index contributed by atoms with van der Waals surface area (Å²) in [6.45, 7) is 6.86. The quantitative estimate of drug-likeness (QED) is 0.655. The van der Waals surface area contributed by atoms with Gasteiger partial charge in [-0.1, -0.05) is 6.92 Å². The normalized spacial score (nSPS) is 14.7. The second-order valence-electron chi connectivity index (χ2n) is 4.14. The Hall–Kier alpha value is -0.610. The molecule has 0 saturated heterocycles. The topological polar surface area (TPSA) is 52.6 Å². The largest absolute Gasteiger partial charge is 0.393 e. The van der Waals surface area contributed by atoms with Gasteiger partial charge in [0.25, 0.3) is 0 Å². The number of nitrogens with zero attached hydrogens (tertiary/aromatic N) is 1. The van der Waals surface area contributed by atoms with E-state index in [4.69, 9.17) is 5.11 Å². The van der Waals surface area contributed by atoms with Gasteiger partial charge in [-0.2, -0.15) is 0 Å². The molecule has 0 fully saturated rings. The van der Waals surface area contributed by atoms with Crippen LogP contribution in [0.3, 0.4) is 0 Å². The Morgan fingerprint density at radius 3 is 2.53 bits per heavy atom. The highest BCUT2D eigenvalue weighted by molar-refractivity contribution is 5.77. The number of amides is 1. The SMILES string of the molecule is CCC(C)NCC(=O)N(C)CCC(C)O. The molecule has 15 heavy (non-hydrogen) atoms. The van der Waals surface area contributed by atoms with Crippen LogP contribution in [0.5, 0.6) is 0 Å². The van der Waals surface area contributed by atoms with Crippen LogP contribution >= 0.6 is 0 Å². The predicted octanol–water partition coefficient (Wildman–Crippen LogP) is 0.604. The van der Waals surface area contributed by atoms with Crippen LogP contribution in [0.2, 0.25) is 0 Å². The third kappa shape index (κ3) is 7.33. The van der Waals surface area contributed by atoms with Crippen molar-refractivity contribution in [2.75, 3.05) is 20.1 Å². The number of likely N-dealkylation sites (N-methyl/N-ethyl adjacent to an activating group) is 1. The van der Waals surface area contributed by atoms with Crippen LogP contribution in [0, 0.1) is 0 Å². The average molecular weight is 216 g/mol. The smallest absolute Gasteiger partial charge is 0.236 e. The minimum atomic E-state index is -0.345. The molecule has 0 rings (SSSR count). The third-order valence-corrected chi connectivity index (χ3v) is 2.52. The maximum atomic E-state index is 11.6. The summed E-state index contributed by atoms with van der Waals surface area (Å²) in [6, 6.07) is 0.374. The summed E-state index contributed by atoms with van der Waals surface area (Å²) < 4.78 is 0. The standard InChI is InChI=1S/C11H24N2O2/c1-5-9(2)12-8-11(15)13(4)7-6-10(3)14/h9-10,12,14H,5-8H2,1-4H3. The molecule has 0 aromatic rings. The van der Waals surface area contributed by atoms with Crippen LogP contribution < -0.4 is 5.32 Å². The van der Waals surface area contributed by atoms with Gasteiger partial charge in [-0.05, 0) is 26.7 Å². The Morgan fingerprint density at radius 1 is 1.47 bits per heavy atom. The number of carbonyl (C=O) groups excluding carboxylic acids is 1. The number of hydrogen-bond donors (Lipinski definition) is 2. The molecule has 0 aromatic carbocycles. The summed E-state index contributed by atoms with van der Waals surface area (Å²) >= 11 is 0. The molecule has 1 amide bonds. The summed E-state index contributed by atoms with van der Waals surface area (Å²) in [5.74, 6) is 0.0796. The molecule has 4 heteroatoms. The van der Waals surface area contributed by atoms with Crippen molar-refractivity contribution < 1.29 is 9.90 Å². The van der Waals surface area contributed by atoms with E-state index in [1.807, 2.05) is 0 Å². The zero-order valence-corrected chi connectivity index (χ0v) is 10.3. The van der Waals surface area contributed by atoms with E-state index < -0.39 is 0 Å². The molecule has 2 atom stereocenters. The summed E-state index contributed by atoms with van der Waals surface area (Å²) in [5.41, 5.74) is 0. The first-order valence-corrected chi connectivity index (χ1v) is 5.62. The van der Waals surface area contributed by atoms with E-state index in [9.17, 15) is 4.79 Å². The van der Waals surface area contributed by atoms with Crippen molar-refractivity contribution in [2.45, 2.75) is 45.8 Å². The van der Waals surface area contributed by atoms with Crippen molar-refractivity contribution in [1.82, 2.24) is 10.2 Å². The minimum absolute atomic E-state index is 0.0796. The van der Waals surface area contributed by atoms with E-state index in [-0.39, 0.29) is 12.0 Å².